The van der Waals surface area contributed by atoms with Gasteiger partial charge in [-0.15, -0.1) is 0 Å². The number of hydrogen-bond acceptors (Lipinski definition) is 2. The summed E-state index contributed by atoms with van der Waals surface area (Å²) in [5.41, 5.74) is 5.34. The van der Waals surface area contributed by atoms with Gasteiger partial charge in [0, 0.05) is 12.5 Å². The summed E-state index contributed by atoms with van der Waals surface area (Å²) in [6, 6.07) is 0.385. The summed E-state index contributed by atoms with van der Waals surface area (Å²) in [7, 11) is 2.09. The fourth-order valence-electron chi connectivity index (χ4n) is 1.16. The van der Waals surface area contributed by atoms with Crippen molar-refractivity contribution in [1.82, 2.24) is 4.90 Å². The minimum Gasteiger partial charge on any atom is -0.388 e. The molecule has 1 unspecified atom stereocenters. The van der Waals surface area contributed by atoms with Crippen LogP contribution < -0.4 is 5.73 Å². The minimum atomic E-state index is 0.281. The maximum atomic E-state index is 7.19. The van der Waals surface area contributed by atoms with Crippen LogP contribution in [0.2, 0.25) is 0 Å². The molecule has 0 aliphatic heterocycles. The van der Waals surface area contributed by atoms with Crippen molar-refractivity contribution in [3.63, 3.8) is 0 Å². The normalized spacial score (nSPS) is 13.7. The van der Waals surface area contributed by atoms with Crippen LogP contribution in [-0.4, -0.2) is 30.4 Å². The van der Waals surface area contributed by atoms with Gasteiger partial charge in [-0.2, -0.15) is 0 Å². The monoisotopic (exact) mass is 185 g/mol. The number of hydrogen-bond donors (Lipinski definition) is 2. The number of nitrogens with two attached hydrogens (primary N) is 1. The molecule has 3 nitrogen and oxygen atoms in total. The van der Waals surface area contributed by atoms with Gasteiger partial charge < -0.3 is 10.6 Å². The highest BCUT2D eigenvalue weighted by molar-refractivity contribution is 5.77. The van der Waals surface area contributed by atoms with Crippen molar-refractivity contribution in [3.8, 4) is 0 Å². The predicted octanol–water partition coefficient (Wildman–Crippen LogP) is 1.68. The average molecular weight is 185 g/mol. The molecule has 3 heteroatoms. The van der Waals surface area contributed by atoms with Gasteiger partial charge >= 0.3 is 0 Å². The Bertz CT molecular complexity index is 154. The zero-order valence-electron chi connectivity index (χ0n) is 9.30. The molecular formula is C10H23N3. The summed E-state index contributed by atoms with van der Waals surface area (Å²) >= 11 is 0. The lowest BCUT2D eigenvalue weighted by atomic mass is 10.1. The maximum absolute atomic E-state index is 7.19. The first-order chi connectivity index (χ1) is 5.93. The van der Waals surface area contributed by atoms with Gasteiger partial charge in [0.25, 0.3) is 0 Å². The lowest BCUT2D eigenvalue weighted by molar-refractivity contribution is 0.248. The lowest BCUT2D eigenvalue weighted by Crippen LogP contribution is -2.34. The van der Waals surface area contributed by atoms with Gasteiger partial charge in [0.1, 0.15) is 0 Å². The zero-order chi connectivity index (χ0) is 10.4. The Hall–Kier alpha value is -0.570. The van der Waals surface area contributed by atoms with Crippen LogP contribution in [0.3, 0.4) is 0 Å². The lowest BCUT2D eigenvalue weighted by Gasteiger charge is -2.24. The molecule has 0 aromatic carbocycles. The number of nitrogens with one attached hydrogen (secondary N) is 1. The van der Waals surface area contributed by atoms with E-state index in [0.29, 0.717) is 12.5 Å². The van der Waals surface area contributed by atoms with Crippen molar-refractivity contribution in [2.75, 3.05) is 13.6 Å². The van der Waals surface area contributed by atoms with Crippen molar-refractivity contribution in [3.05, 3.63) is 0 Å². The number of nitrogens with zero attached hydrogens (tertiary/aromatic N) is 1. The zero-order valence-corrected chi connectivity index (χ0v) is 9.30. The van der Waals surface area contributed by atoms with E-state index >= 15 is 0 Å². The molecule has 0 rings (SSSR count). The maximum Gasteiger partial charge on any atom is 0.0920 e. The summed E-state index contributed by atoms with van der Waals surface area (Å²) in [4.78, 5) is 2.27. The van der Waals surface area contributed by atoms with Crippen molar-refractivity contribution in [1.29, 1.82) is 5.41 Å². The van der Waals surface area contributed by atoms with Gasteiger partial charge in [0.15, 0.2) is 0 Å². The largest absolute Gasteiger partial charge is 0.388 e. The second kappa shape index (κ2) is 5.97. The average Bonchev–Trinajstić information content (AvgIpc) is 1.98. The van der Waals surface area contributed by atoms with Gasteiger partial charge in [0.2, 0.25) is 0 Å². The number of rotatable bonds is 6. The summed E-state index contributed by atoms with van der Waals surface area (Å²) in [5.74, 6) is 1.02. The first-order valence-electron chi connectivity index (χ1n) is 4.96. The van der Waals surface area contributed by atoms with Gasteiger partial charge in [-0.25, -0.2) is 0 Å². The Kier molecular flexibility index (Phi) is 5.71. The van der Waals surface area contributed by atoms with E-state index in [0.717, 1.165) is 12.5 Å². The molecule has 0 saturated carbocycles. The van der Waals surface area contributed by atoms with Crippen molar-refractivity contribution in [2.45, 2.75) is 39.7 Å². The first kappa shape index (κ1) is 12.4. The number of amidine groups is 1. The molecule has 1 atom stereocenters. The third-order valence-corrected chi connectivity index (χ3v) is 2.33. The molecule has 0 aromatic heterocycles. The third-order valence-electron chi connectivity index (χ3n) is 2.33. The van der Waals surface area contributed by atoms with Crippen LogP contribution in [0, 0.1) is 11.3 Å². The highest BCUT2D eigenvalue weighted by Crippen LogP contribution is 2.05. The molecule has 13 heavy (non-hydrogen) atoms. The van der Waals surface area contributed by atoms with E-state index in [-0.39, 0.29) is 5.84 Å². The molecular weight excluding hydrogens is 162 g/mol. The summed E-state index contributed by atoms with van der Waals surface area (Å²) in [6.45, 7) is 7.65. The molecule has 78 valence electrons. The van der Waals surface area contributed by atoms with Crippen LogP contribution in [-0.2, 0) is 0 Å². The SMILES string of the molecule is CC(C)CCN(C)C(C)CC(=N)N. The van der Waals surface area contributed by atoms with E-state index in [4.69, 9.17) is 11.1 Å². The van der Waals surface area contributed by atoms with E-state index in [1.165, 1.54) is 6.42 Å². The molecule has 0 spiro atoms. The van der Waals surface area contributed by atoms with E-state index in [1.54, 1.807) is 0 Å². The Morgan fingerprint density at radius 1 is 1.38 bits per heavy atom. The molecule has 0 radical (unpaired) electrons. The molecule has 0 saturated heterocycles. The van der Waals surface area contributed by atoms with Gasteiger partial charge in [-0.05, 0) is 32.9 Å². The first-order valence-corrected chi connectivity index (χ1v) is 4.96. The molecule has 0 bridgehead atoms. The highest BCUT2D eigenvalue weighted by Gasteiger charge is 2.10. The van der Waals surface area contributed by atoms with Crippen LogP contribution in [0.15, 0.2) is 0 Å². The van der Waals surface area contributed by atoms with Crippen LogP contribution in [0.4, 0.5) is 0 Å². The van der Waals surface area contributed by atoms with Gasteiger partial charge in [-0.1, -0.05) is 13.8 Å². The predicted molar refractivity (Wildman–Crippen MR) is 58.1 cm³/mol. The van der Waals surface area contributed by atoms with E-state index in [1.807, 2.05) is 0 Å². The van der Waals surface area contributed by atoms with Crippen LogP contribution in [0.1, 0.15) is 33.6 Å². The Labute approximate surface area is 81.8 Å². The van der Waals surface area contributed by atoms with Gasteiger partial charge in [0.05, 0.1) is 5.84 Å². The Balaban J connectivity index is 3.68. The second-order valence-electron chi connectivity index (χ2n) is 4.24. The quantitative estimate of drug-likeness (QED) is 0.488. The summed E-state index contributed by atoms with van der Waals surface area (Å²) in [6.07, 6.45) is 1.88. The Morgan fingerprint density at radius 2 is 1.92 bits per heavy atom. The third kappa shape index (κ3) is 6.58. The van der Waals surface area contributed by atoms with E-state index < -0.39 is 0 Å². The molecule has 0 aliphatic rings. The molecule has 0 aliphatic carbocycles. The summed E-state index contributed by atoms with van der Waals surface area (Å²) < 4.78 is 0. The molecule has 3 N–H and O–H groups in total. The highest BCUT2D eigenvalue weighted by atomic mass is 15.1. The van der Waals surface area contributed by atoms with Crippen molar-refractivity contribution >= 4 is 5.84 Å². The van der Waals surface area contributed by atoms with Gasteiger partial charge in [-0.3, -0.25) is 5.41 Å². The Morgan fingerprint density at radius 3 is 2.31 bits per heavy atom. The standard InChI is InChI=1S/C10H23N3/c1-8(2)5-6-13(4)9(3)7-10(11)12/h8-9H,5-7H2,1-4H3,(H3,11,12). The molecule has 0 fully saturated rings. The second-order valence-corrected chi connectivity index (χ2v) is 4.24. The molecule has 0 heterocycles. The molecule has 0 aromatic rings. The van der Waals surface area contributed by atoms with Crippen LogP contribution in [0.5, 0.6) is 0 Å². The topological polar surface area (TPSA) is 53.1 Å². The van der Waals surface area contributed by atoms with E-state index in [9.17, 15) is 0 Å². The van der Waals surface area contributed by atoms with E-state index in [2.05, 4.69) is 32.7 Å². The fraction of sp³-hybridized carbons (Fsp3) is 0.900. The van der Waals surface area contributed by atoms with Crippen molar-refractivity contribution < 1.29 is 0 Å². The van der Waals surface area contributed by atoms with Crippen LogP contribution in [0.25, 0.3) is 0 Å². The summed E-state index contributed by atoms with van der Waals surface area (Å²) in [5, 5.41) is 7.19. The fourth-order valence-corrected chi connectivity index (χ4v) is 1.16. The molecule has 0 amide bonds. The van der Waals surface area contributed by atoms with Crippen molar-refractivity contribution in [2.24, 2.45) is 11.7 Å². The minimum absolute atomic E-state index is 0.281. The smallest absolute Gasteiger partial charge is 0.0920 e. The van der Waals surface area contributed by atoms with Crippen LogP contribution >= 0.6 is 0 Å².